The van der Waals surface area contributed by atoms with Gasteiger partial charge in [0.25, 0.3) is 0 Å². The fourth-order valence-electron chi connectivity index (χ4n) is 4.24. The van der Waals surface area contributed by atoms with Crippen molar-refractivity contribution < 1.29 is 22.8 Å². The highest BCUT2D eigenvalue weighted by atomic mass is 19.4. The average Bonchev–Trinajstić information content (AvgIpc) is 3.19. The lowest BCUT2D eigenvalue weighted by molar-refractivity contribution is -0.137. The van der Waals surface area contributed by atoms with Crippen molar-refractivity contribution in [2.45, 2.75) is 50.8 Å². The van der Waals surface area contributed by atoms with Crippen LogP contribution in [0.25, 0.3) is 0 Å². The summed E-state index contributed by atoms with van der Waals surface area (Å²) < 4.78 is 38.4. The molecule has 2 aromatic rings. The number of nitrogens with zero attached hydrogens (tertiary/aromatic N) is 2. The molecule has 0 atom stereocenters. The maximum atomic E-state index is 12.8. The number of rotatable bonds is 4. The lowest BCUT2D eigenvalue weighted by Crippen LogP contribution is -2.48. The Hall–Kier alpha value is -3.03. The van der Waals surface area contributed by atoms with Gasteiger partial charge in [-0.1, -0.05) is 48.8 Å². The number of hydrogen-bond donors (Lipinski definition) is 1. The van der Waals surface area contributed by atoms with Gasteiger partial charge in [-0.2, -0.15) is 13.2 Å². The van der Waals surface area contributed by atoms with Crippen LogP contribution in [0.3, 0.4) is 0 Å². The number of nitrogens with one attached hydrogen (secondary N) is 1. The molecule has 0 radical (unpaired) electrons. The van der Waals surface area contributed by atoms with Crippen LogP contribution >= 0.6 is 0 Å². The van der Waals surface area contributed by atoms with E-state index < -0.39 is 17.3 Å². The predicted octanol–water partition coefficient (Wildman–Crippen LogP) is 5.85. The summed E-state index contributed by atoms with van der Waals surface area (Å²) in [5, 5.41) is 7.18. The third-order valence-electron chi connectivity index (χ3n) is 6.12. The fraction of sp³-hybridized carbons (Fsp3) is 0.417. The van der Waals surface area contributed by atoms with Gasteiger partial charge in [-0.15, -0.1) is 0 Å². The van der Waals surface area contributed by atoms with Crippen molar-refractivity contribution in [3.05, 3.63) is 65.2 Å². The molecule has 2 aromatic carbocycles. The first-order valence-electron chi connectivity index (χ1n) is 10.9. The van der Waals surface area contributed by atoms with Crippen LogP contribution in [-0.4, -0.2) is 35.3 Å². The molecule has 0 aliphatic carbocycles. The van der Waals surface area contributed by atoms with E-state index in [0.29, 0.717) is 43.6 Å². The van der Waals surface area contributed by atoms with E-state index in [1.165, 1.54) is 12.1 Å². The molecule has 0 aromatic heterocycles. The molecular formula is C24H26F3N3O2. The molecule has 5 nitrogen and oxygen atoms in total. The number of urea groups is 1. The molecule has 32 heavy (non-hydrogen) atoms. The van der Waals surface area contributed by atoms with Crippen molar-refractivity contribution >= 4 is 17.4 Å². The smallest absolute Gasteiger partial charge is 0.388 e. The maximum Gasteiger partial charge on any atom is 0.416 e. The van der Waals surface area contributed by atoms with Gasteiger partial charge < -0.3 is 15.1 Å². The number of aryl methyl sites for hydroxylation is 1. The van der Waals surface area contributed by atoms with Crippen molar-refractivity contribution in [3.63, 3.8) is 0 Å². The molecule has 1 saturated heterocycles. The minimum Gasteiger partial charge on any atom is -0.388 e. The predicted molar refractivity (Wildman–Crippen MR) is 117 cm³/mol. The fourth-order valence-corrected chi connectivity index (χ4v) is 4.24. The number of benzene rings is 2. The second-order valence-electron chi connectivity index (χ2n) is 8.39. The van der Waals surface area contributed by atoms with E-state index in [1.807, 2.05) is 24.3 Å². The van der Waals surface area contributed by atoms with Gasteiger partial charge in [0, 0.05) is 38.0 Å². The lowest BCUT2D eigenvalue weighted by atomic mass is 9.85. The van der Waals surface area contributed by atoms with Gasteiger partial charge in [-0.3, -0.25) is 0 Å². The Kier molecular flexibility index (Phi) is 6.13. The molecule has 1 spiro atoms. The molecule has 2 aliphatic rings. The molecule has 1 fully saturated rings. The van der Waals surface area contributed by atoms with Gasteiger partial charge >= 0.3 is 12.2 Å². The number of anilines is 1. The van der Waals surface area contributed by atoms with E-state index in [-0.39, 0.29) is 6.03 Å². The number of carbonyl (C=O) groups is 1. The number of amides is 2. The van der Waals surface area contributed by atoms with E-state index in [1.54, 1.807) is 4.90 Å². The Labute approximate surface area is 185 Å². The summed E-state index contributed by atoms with van der Waals surface area (Å²) >= 11 is 0. The highest BCUT2D eigenvalue weighted by Gasteiger charge is 2.43. The van der Waals surface area contributed by atoms with Crippen molar-refractivity contribution in [1.29, 1.82) is 0 Å². The van der Waals surface area contributed by atoms with Crippen LogP contribution in [-0.2, 0) is 17.4 Å². The van der Waals surface area contributed by atoms with Gasteiger partial charge in [0.15, 0.2) is 0 Å². The zero-order valence-electron chi connectivity index (χ0n) is 17.9. The van der Waals surface area contributed by atoms with Crippen molar-refractivity contribution in [3.8, 4) is 0 Å². The topological polar surface area (TPSA) is 53.9 Å². The summed E-state index contributed by atoms with van der Waals surface area (Å²) in [6.07, 6.45) is -0.712. The largest absolute Gasteiger partial charge is 0.416 e. The number of halogens is 3. The molecule has 2 heterocycles. The van der Waals surface area contributed by atoms with Crippen molar-refractivity contribution in [2.24, 2.45) is 5.16 Å². The molecule has 170 valence electrons. The van der Waals surface area contributed by atoms with Gasteiger partial charge in [0.2, 0.25) is 0 Å². The first-order valence-corrected chi connectivity index (χ1v) is 10.9. The van der Waals surface area contributed by atoms with Gasteiger partial charge in [-0.05, 0) is 35.7 Å². The average molecular weight is 445 g/mol. The number of likely N-dealkylation sites (tertiary alicyclic amines) is 1. The zero-order valence-corrected chi connectivity index (χ0v) is 17.9. The third-order valence-corrected chi connectivity index (χ3v) is 6.12. The monoisotopic (exact) mass is 445 g/mol. The molecule has 0 bridgehead atoms. The number of hydrogen-bond acceptors (Lipinski definition) is 3. The number of piperidine rings is 1. The van der Waals surface area contributed by atoms with Crippen LogP contribution < -0.4 is 5.32 Å². The highest BCUT2D eigenvalue weighted by Crippen LogP contribution is 2.37. The summed E-state index contributed by atoms with van der Waals surface area (Å²) in [7, 11) is 0. The van der Waals surface area contributed by atoms with E-state index >= 15 is 0 Å². The van der Waals surface area contributed by atoms with Crippen LogP contribution in [0.5, 0.6) is 0 Å². The van der Waals surface area contributed by atoms with E-state index in [9.17, 15) is 18.0 Å². The summed E-state index contributed by atoms with van der Waals surface area (Å²) in [5.41, 5.74) is 2.03. The third kappa shape index (κ3) is 4.74. The lowest BCUT2D eigenvalue weighted by Gasteiger charge is -2.37. The minimum absolute atomic E-state index is 0.134. The number of carbonyl (C=O) groups excluding carboxylic acids is 1. The normalized spacial score (nSPS) is 17.8. The molecule has 0 unspecified atom stereocenters. The first-order chi connectivity index (χ1) is 15.3. The van der Waals surface area contributed by atoms with Crippen molar-refractivity contribution in [1.82, 2.24) is 4.90 Å². The molecule has 4 rings (SSSR count). The summed E-state index contributed by atoms with van der Waals surface area (Å²) in [6, 6.07) is 12.7. The SMILES string of the molecule is CCCc1ccccc1NC(=O)N1CCC2(CC1)CC(c1ccc(C(F)(F)F)cc1)=NO2. The van der Waals surface area contributed by atoms with Crippen LogP contribution in [0.2, 0.25) is 0 Å². The highest BCUT2D eigenvalue weighted by molar-refractivity contribution is 6.01. The summed E-state index contributed by atoms with van der Waals surface area (Å²) in [4.78, 5) is 20.3. The molecule has 2 amide bonds. The number of oxime groups is 1. The van der Waals surface area contributed by atoms with Crippen LogP contribution in [0, 0.1) is 0 Å². The Morgan fingerprint density at radius 1 is 1.12 bits per heavy atom. The number of alkyl halides is 3. The van der Waals surface area contributed by atoms with Gasteiger partial charge in [-0.25, -0.2) is 4.79 Å². The maximum absolute atomic E-state index is 12.8. The van der Waals surface area contributed by atoms with Gasteiger partial charge in [0.1, 0.15) is 5.60 Å². The standard InChI is InChI=1S/C24H26F3N3O2/c1-2-5-17-6-3-4-7-20(17)28-22(31)30-14-12-23(13-15-30)16-21(29-32-23)18-8-10-19(11-9-18)24(25,26)27/h3-4,6-11H,2,5,12-16H2,1H3,(H,28,31). The molecule has 0 saturated carbocycles. The first kappa shape index (κ1) is 22.2. The quantitative estimate of drug-likeness (QED) is 0.642. The Bertz CT molecular complexity index is 994. The van der Waals surface area contributed by atoms with Gasteiger partial charge in [0.05, 0.1) is 11.3 Å². The van der Waals surface area contributed by atoms with E-state index in [2.05, 4.69) is 17.4 Å². The minimum atomic E-state index is -4.36. The molecule has 1 N–H and O–H groups in total. The molecule has 2 aliphatic heterocycles. The van der Waals surface area contributed by atoms with E-state index in [4.69, 9.17) is 4.84 Å². The molecule has 8 heteroatoms. The zero-order chi connectivity index (χ0) is 22.8. The Balaban J connectivity index is 1.34. The summed E-state index contributed by atoms with van der Waals surface area (Å²) in [5.74, 6) is 0. The number of para-hydroxylation sites is 1. The van der Waals surface area contributed by atoms with Crippen LogP contribution in [0.1, 0.15) is 49.3 Å². The summed E-state index contributed by atoms with van der Waals surface area (Å²) in [6.45, 7) is 3.15. The van der Waals surface area contributed by atoms with E-state index in [0.717, 1.165) is 36.2 Å². The Morgan fingerprint density at radius 3 is 2.47 bits per heavy atom. The molecular weight excluding hydrogens is 419 g/mol. The second-order valence-corrected chi connectivity index (χ2v) is 8.39. The van der Waals surface area contributed by atoms with Crippen LogP contribution in [0.4, 0.5) is 23.7 Å². The van der Waals surface area contributed by atoms with Crippen molar-refractivity contribution in [2.75, 3.05) is 18.4 Å². The second kappa shape index (κ2) is 8.84. The Morgan fingerprint density at radius 2 is 1.81 bits per heavy atom. The van der Waals surface area contributed by atoms with Crippen LogP contribution in [0.15, 0.2) is 53.7 Å².